The fourth-order valence-electron chi connectivity index (χ4n) is 2.71. The van der Waals surface area contributed by atoms with E-state index in [4.69, 9.17) is 9.15 Å². The van der Waals surface area contributed by atoms with Crippen LogP contribution in [0.15, 0.2) is 51.9 Å². The van der Waals surface area contributed by atoms with Crippen molar-refractivity contribution >= 4 is 16.9 Å². The number of carbonyl (C=O) groups is 1. The SMILES string of the molecule is Cc1cc(=O)oc2c(C)c(OC(C)C(=O)NCc3cccnc3)ccc12. The molecule has 0 aliphatic carbocycles. The lowest BCUT2D eigenvalue weighted by Crippen LogP contribution is -2.36. The predicted molar refractivity (Wildman–Crippen MR) is 98.1 cm³/mol. The zero-order chi connectivity index (χ0) is 18.7. The number of carbonyl (C=O) groups excluding carboxylic acids is 1. The van der Waals surface area contributed by atoms with Gasteiger partial charge in [-0.1, -0.05) is 6.07 Å². The summed E-state index contributed by atoms with van der Waals surface area (Å²) in [5, 5.41) is 3.67. The summed E-state index contributed by atoms with van der Waals surface area (Å²) in [6.07, 6.45) is 2.68. The van der Waals surface area contributed by atoms with E-state index in [1.165, 1.54) is 6.07 Å². The molecule has 0 saturated carbocycles. The van der Waals surface area contributed by atoms with E-state index in [0.29, 0.717) is 23.4 Å². The maximum absolute atomic E-state index is 12.3. The van der Waals surface area contributed by atoms with Gasteiger partial charge in [-0.15, -0.1) is 0 Å². The number of nitrogens with zero attached hydrogens (tertiary/aromatic N) is 1. The molecule has 1 atom stereocenters. The standard InChI is InChI=1S/C20H20N2O4/c1-12-9-18(23)26-19-13(2)17(7-6-16(12)19)25-14(3)20(24)22-11-15-5-4-8-21-10-15/h4-10,14H,11H2,1-3H3,(H,22,24). The summed E-state index contributed by atoms with van der Waals surface area (Å²) < 4.78 is 11.1. The number of hydrogen-bond donors (Lipinski definition) is 1. The van der Waals surface area contributed by atoms with Crippen molar-refractivity contribution in [1.82, 2.24) is 10.3 Å². The smallest absolute Gasteiger partial charge is 0.336 e. The van der Waals surface area contributed by atoms with Gasteiger partial charge < -0.3 is 14.5 Å². The Morgan fingerprint density at radius 3 is 2.85 bits per heavy atom. The molecule has 134 valence electrons. The molecular weight excluding hydrogens is 332 g/mol. The van der Waals surface area contributed by atoms with Crippen molar-refractivity contribution in [2.24, 2.45) is 0 Å². The summed E-state index contributed by atoms with van der Waals surface area (Å²) >= 11 is 0. The number of amides is 1. The van der Waals surface area contributed by atoms with Crippen molar-refractivity contribution in [2.45, 2.75) is 33.4 Å². The minimum Gasteiger partial charge on any atom is -0.480 e. The number of pyridine rings is 1. The monoisotopic (exact) mass is 352 g/mol. The molecule has 6 heteroatoms. The predicted octanol–water partition coefficient (Wildman–Crippen LogP) is 2.89. The lowest BCUT2D eigenvalue weighted by Gasteiger charge is -2.17. The van der Waals surface area contributed by atoms with E-state index in [1.807, 2.05) is 25.1 Å². The summed E-state index contributed by atoms with van der Waals surface area (Å²) in [7, 11) is 0. The molecule has 0 radical (unpaired) electrons. The normalized spacial score (nSPS) is 12.0. The van der Waals surface area contributed by atoms with Gasteiger partial charge in [0.2, 0.25) is 0 Å². The second kappa shape index (κ2) is 7.39. The minimum atomic E-state index is -0.695. The summed E-state index contributed by atoms with van der Waals surface area (Å²) in [4.78, 5) is 27.9. The van der Waals surface area contributed by atoms with E-state index >= 15 is 0 Å². The maximum Gasteiger partial charge on any atom is 0.336 e. The largest absolute Gasteiger partial charge is 0.480 e. The Balaban J connectivity index is 1.74. The number of aryl methyl sites for hydroxylation is 2. The number of rotatable bonds is 5. The van der Waals surface area contributed by atoms with E-state index in [0.717, 1.165) is 16.5 Å². The number of aromatic nitrogens is 1. The van der Waals surface area contributed by atoms with Gasteiger partial charge in [-0.05, 0) is 50.1 Å². The second-order valence-electron chi connectivity index (χ2n) is 6.15. The molecule has 2 heterocycles. The average molecular weight is 352 g/mol. The first-order valence-electron chi connectivity index (χ1n) is 8.33. The highest BCUT2D eigenvalue weighted by molar-refractivity contribution is 5.85. The molecule has 3 rings (SSSR count). The molecule has 0 spiro atoms. The van der Waals surface area contributed by atoms with Gasteiger partial charge >= 0.3 is 5.63 Å². The third-order valence-corrected chi connectivity index (χ3v) is 4.18. The fourth-order valence-corrected chi connectivity index (χ4v) is 2.71. The topological polar surface area (TPSA) is 81.4 Å². The summed E-state index contributed by atoms with van der Waals surface area (Å²) in [6, 6.07) is 8.77. The Kier molecular flexibility index (Phi) is 5.02. The first-order chi connectivity index (χ1) is 12.5. The number of benzene rings is 1. The van der Waals surface area contributed by atoms with Crippen molar-refractivity contribution in [1.29, 1.82) is 0 Å². The van der Waals surface area contributed by atoms with Crippen LogP contribution in [0.1, 0.15) is 23.6 Å². The Bertz CT molecular complexity index is 996. The van der Waals surface area contributed by atoms with Crippen molar-refractivity contribution < 1.29 is 13.9 Å². The van der Waals surface area contributed by atoms with Crippen LogP contribution in [-0.2, 0) is 11.3 Å². The highest BCUT2D eigenvalue weighted by Gasteiger charge is 2.17. The molecule has 6 nitrogen and oxygen atoms in total. The molecule has 1 amide bonds. The van der Waals surface area contributed by atoms with Crippen LogP contribution >= 0.6 is 0 Å². The van der Waals surface area contributed by atoms with Crippen molar-refractivity contribution in [3.63, 3.8) is 0 Å². The van der Waals surface area contributed by atoms with Crippen LogP contribution in [0, 0.1) is 13.8 Å². The summed E-state index contributed by atoms with van der Waals surface area (Å²) in [6.45, 7) is 5.72. The van der Waals surface area contributed by atoms with Gasteiger partial charge in [-0.25, -0.2) is 4.79 Å². The van der Waals surface area contributed by atoms with Crippen LogP contribution in [0.3, 0.4) is 0 Å². The fraction of sp³-hybridized carbons (Fsp3) is 0.250. The Morgan fingerprint density at radius 1 is 1.31 bits per heavy atom. The van der Waals surface area contributed by atoms with E-state index < -0.39 is 11.7 Å². The third-order valence-electron chi connectivity index (χ3n) is 4.18. The summed E-state index contributed by atoms with van der Waals surface area (Å²) in [5.41, 5.74) is 2.52. The second-order valence-corrected chi connectivity index (χ2v) is 6.15. The molecule has 2 aromatic heterocycles. The van der Waals surface area contributed by atoms with Crippen molar-refractivity contribution in [3.8, 4) is 5.75 Å². The van der Waals surface area contributed by atoms with Crippen LogP contribution in [0.4, 0.5) is 0 Å². The molecule has 26 heavy (non-hydrogen) atoms. The van der Waals surface area contributed by atoms with Crippen molar-refractivity contribution in [3.05, 3.63) is 69.8 Å². The third kappa shape index (κ3) is 3.74. The first-order valence-corrected chi connectivity index (χ1v) is 8.33. The molecule has 3 aromatic rings. The van der Waals surface area contributed by atoms with Crippen LogP contribution in [0.25, 0.3) is 11.0 Å². The molecular formula is C20H20N2O4. The van der Waals surface area contributed by atoms with E-state index in [9.17, 15) is 9.59 Å². The van der Waals surface area contributed by atoms with Gasteiger partial charge in [0.15, 0.2) is 6.10 Å². The van der Waals surface area contributed by atoms with Gasteiger partial charge in [0.25, 0.3) is 5.91 Å². The van der Waals surface area contributed by atoms with Gasteiger partial charge in [0.05, 0.1) is 0 Å². The van der Waals surface area contributed by atoms with Crippen LogP contribution < -0.4 is 15.7 Å². The summed E-state index contributed by atoms with van der Waals surface area (Å²) in [5.74, 6) is 0.273. The van der Waals surface area contributed by atoms with E-state index in [-0.39, 0.29) is 5.91 Å². The lowest BCUT2D eigenvalue weighted by atomic mass is 10.1. The van der Waals surface area contributed by atoms with Crippen LogP contribution in [-0.4, -0.2) is 17.0 Å². The van der Waals surface area contributed by atoms with E-state index in [2.05, 4.69) is 10.3 Å². The Labute approximate surface area is 150 Å². The molecule has 0 aliphatic rings. The Hall–Kier alpha value is -3.15. The minimum absolute atomic E-state index is 0.237. The Morgan fingerprint density at radius 2 is 2.12 bits per heavy atom. The van der Waals surface area contributed by atoms with Gasteiger partial charge in [0, 0.05) is 36.0 Å². The highest BCUT2D eigenvalue weighted by atomic mass is 16.5. The molecule has 0 fully saturated rings. The molecule has 1 aromatic carbocycles. The molecule has 1 N–H and O–H groups in total. The van der Waals surface area contributed by atoms with Crippen LogP contribution in [0.5, 0.6) is 5.75 Å². The number of fused-ring (bicyclic) bond motifs is 1. The quantitative estimate of drug-likeness (QED) is 0.714. The van der Waals surface area contributed by atoms with Crippen molar-refractivity contribution in [2.75, 3.05) is 0 Å². The molecule has 0 bridgehead atoms. The average Bonchev–Trinajstić information content (AvgIpc) is 2.63. The molecule has 1 unspecified atom stereocenters. The number of ether oxygens (including phenoxy) is 1. The van der Waals surface area contributed by atoms with Gasteiger partial charge in [-0.2, -0.15) is 0 Å². The lowest BCUT2D eigenvalue weighted by molar-refractivity contribution is -0.127. The van der Waals surface area contributed by atoms with Gasteiger partial charge in [-0.3, -0.25) is 9.78 Å². The number of hydrogen-bond acceptors (Lipinski definition) is 5. The molecule has 0 saturated heterocycles. The zero-order valence-corrected chi connectivity index (χ0v) is 14.9. The molecule has 0 aliphatic heterocycles. The first kappa shape index (κ1) is 17.7. The van der Waals surface area contributed by atoms with Crippen LogP contribution in [0.2, 0.25) is 0 Å². The van der Waals surface area contributed by atoms with E-state index in [1.54, 1.807) is 32.3 Å². The highest BCUT2D eigenvalue weighted by Crippen LogP contribution is 2.28. The maximum atomic E-state index is 12.3. The number of nitrogens with one attached hydrogen (secondary N) is 1. The zero-order valence-electron chi connectivity index (χ0n) is 14.9. The van der Waals surface area contributed by atoms with Gasteiger partial charge in [0.1, 0.15) is 11.3 Å².